The van der Waals surface area contributed by atoms with E-state index in [1.54, 1.807) is 4.90 Å². The topological polar surface area (TPSA) is 116 Å². The summed E-state index contributed by atoms with van der Waals surface area (Å²) in [5, 5.41) is 11.9. The molecular formula is C19H29N3O6S. The van der Waals surface area contributed by atoms with E-state index >= 15 is 0 Å². The first-order valence-electron chi connectivity index (χ1n) is 9.53. The Morgan fingerprint density at radius 2 is 2.07 bits per heavy atom. The number of anilines is 1. The monoisotopic (exact) mass is 427 g/mol. The van der Waals surface area contributed by atoms with Gasteiger partial charge < -0.3 is 20.1 Å². The van der Waals surface area contributed by atoms with Crippen LogP contribution in [0.3, 0.4) is 0 Å². The highest BCUT2D eigenvalue weighted by atomic mass is 32.2. The molecule has 2 N–H and O–H groups in total. The average molecular weight is 428 g/mol. The molecule has 0 saturated carbocycles. The summed E-state index contributed by atoms with van der Waals surface area (Å²) in [6.45, 7) is 2.94. The van der Waals surface area contributed by atoms with E-state index in [4.69, 9.17) is 9.84 Å². The van der Waals surface area contributed by atoms with E-state index in [1.807, 2.05) is 0 Å². The number of hydrogen-bond donors (Lipinski definition) is 2. The van der Waals surface area contributed by atoms with Crippen molar-refractivity contribution < 1.29 is 27.9 Å². The number of rotatable bonds is 8. The first-order valence-corrected chi connectivity index (χ1v) is 11.0. The quantitative estimate of drug-likeness (QED) is 0.588. The lowest BCUT2D eigenvalue weighted by Crippen LogP contribution is -2.41. The Hall–Kier alpha value is -2.17. The van der Waals surface area contributed by atoms with Gasteiger partial charge in [0.25, 0.3) is 5.91 Å². The predicted molar refractivity (Wildman–Crippen MR) is 108 cm³/mol. The van der Waals surface area contributed by atoms with Gasteiger partial charge in [-0.3, -0.25) is 4.79 Å². The lowest BCUT2D eigenvalue weighted by Gasteiger charge is -2.30. The van der Waals surface area contributed by atoms with Crippen LogP contribution in [0.4, 0.5) is 5.69 Å². The lowest BCUT2D eigenvalue weighted by molar-refractivity contribution is -0.136. The third-order valence-electron chi connectivity index (χ3n) is 4.75. The van der Waals surface area contributed by atoms with E-state index in [2.05, 4.69) is 12.2 Å². The Morgan fingerprint density at radius 1 is 1.34 bits per heavy atom. The van der Waals surface area contributed by atoms with Crippen LogP contribution in [0.5, 0.6) is 0 Å². The smallest absolute Gasteiger partial charge is 0.340 e. The van der Waals surface area contributed by atoms with Gasteiger partial charge in [-0.25, -0.2) is 17.5 Å². The van der Waals surface area contributed by atoms with Crippen LogP contribution in [0.25, 0.3) is 0 Å². The molecule has 1 aliphatic rings. The second-order valence-electron chi connectivity index (χ2n) is 7.31. The fourth-order valence-corrected chi connectivity index (χ4v) is 4.05. The van der Waals surface area contributed by atoms with Gasteiger partial charge in [0, 0.05) is 39.4 Å². The highest BCUT2D eigenvalue weighted by molar-refractivity contribution is 7.89. The fourth-order valence-electron chi connectivity index (χ4n) is 3.12. The number of aliphatic hydroxyl groups excluding tert-OH is 1. The van der Waals surface area contributed by atoms with Crippen molar-refractivity contribution in [3.05, 3.63) is 23.8 Å². The first kappa shape index (κ1) is 23.1. The zero-order chi connectivity index (χ0) is 21.6. The molecule has 9 nitrogen and oxygen atoms in total. The number of nitrogens with one attached hydrogen (secondary N) is 1. The summed E-state index contributed by atoms with van der Waals surface area (Å²) < 4.78 is 31.0. The van der Waals surface area contributed by atoms with E-state index in [0.29, 0.717) is 24.7 Å². The van der Waals surface area contributed by atoms with Crippen molar-refractivity contribution in [2.24, 2.45) is 5.92 Å². The minimum Gasteiger partial charge on any atom is -0.452 e. The summed E-state index contributed by atoms with van der Waals surface area (Å²) in [5.74, 6) is -0.669. The van der Waals surface area contributed by atoms with Crippen LogP contribution < -0.4 is 5.32 Å². The standard InChI is InChI=1S/C19H29N3O6S/c1-14-5-4-9-22(12-14)18(24)13-28-19(25)16-11-15(29(26,27)21(2)3)6-7-17(16)20-8-10-23/h6-7,11,14,20,23H,4-5,8-10,12-13H2,1-3H3/t14-/m0/s1. The van der Waals surface area contributed by atoms with E-state index in [9.17, 15) is 18.0 Å². The number of benzene rings is 1. The largest absolute Gasteiger partial charge is 0.452 e. The number of nitrogens with zero attached hydrogens (tertiary/aromatic N) is 2. The molecule has 1 fully saturated rings. The minimum absolute atomic E-state index is 0.0128. The molecule has 0 radical (unpaired) electrons. The Balaban J connectivity index is 2.18. The highest BCUT2D eigenvalue weighted by Crippen LogP contribution is 2.23. The summed E-state index contributed by atoms with van der Waals surface area (Å²) in [5.41, 5.74) is 0.307. The molecule has 10 heteroatoms. The number of carbonyl (C=O) groups excluding carboxylic acids is 2. The lowest BCUT2D eigenvalue weighted by atomic mass is 10.0. The van der Waals surface area contributed by atoms with Gasteiger partial charge in [0.05, 0.1) is 17.1 Å². The van der Waals surface area contributed by atoms with Gasteiger partial charge in [-0.2, -0.15) is 0 Å². The van der Waals surface area contributed by atoms with Crippen molar-refractivity contribution in [2.75, 3.05) is 52.3 Å². The van der Waals surface area contributed by atoms with Gasteiger partial charge in [-0.15, -0.1) is 0 Å². The molecule has 2 rings (SSSR count). The first-order chi connectivity index (χ1) is 13.7. The molecule has 1 aromatic rings. The maximum Gasteiger partial charge on any atom is 0.340 e. The minimum atomic E-state index is -3.75. The highest BCUT2D eigenvalue weighted by Gasteiger charge is 2.24. The van der Waals surface area contributed by atoms with Crippen molar-refractivity contribution >= 4 is 27.6 Å². The van der Waals surface area contributed by atoms with Crippen molar-refractivity contribution in [1.29, 1.82) is 0 Å². The Kier molecular flexibility index (Phi) is 8.00. The number of esters is 1. The van der Waals surface area contributed by atoms with Crippen molar-refractivity contribution in [2.45, 2.75) is 24.7 Å². The molecule has 0 bridgehead atoms. The molecule has 29 heavy (non-hydrogen) atoms. The van der Waals surface area contributed by atoms with E-state index < -0.39 is 22.6 Å². The molecule has 0 spiro atoms. The van der Waals surface area contributed by atoms with Crippen LogP contribution in [0.1, 0.15) is 30.1 Å². The van der Waals surface area contributed by atoms with Gasteiger partial charge in [0.15, 0.2) is 6.61 Å². The second-order valence-corrected chi connectivity index (χ2v) is 9.46. The third-order valence-corrected chi connectivity index (χ3v) is 6.56. The molecule has 162 valence electrons. The average Bonchev–Trinajstić information content (AvgIpc) is 2.69. The molecule has 1 atom stereocenters. The number of aliphatic hydroxyl groups is 1. The van der Waals surface area contributed by atoms with Crippen molar-refractivity contribution in [3.63, 3.8) is 0 Å². The molecule has 0 unspecified atom stereocenters. The summed E-state index contributed by atoms with van der Waals surface area (Å²) >= 11 is 0. The molecule has 1 saturated heterocycles. The molecule has 0 aliphatic carbocycles. The number of hydrogen-bond acceptors (Lipinski definition) is 7. The Labute approximate surface area is 171 Å². The van der Waals surface area contributed by atoms with E-state index in [-0.39, 0.29) is 29.5 Å². The number of sulfonamides is 1. The van der Waals surface area contributed by atoms with Crippen LogP contribution in [0, 0.1) is 5.92 Å². The van der Waals surface area contributed by atoms with Crippen LogP contribution in [-0.2, 0) is 19.6 Å². The number of likely N-dealkylation sites (tertiary alicyclic amines) is 1. The van der Waals surface area contributed by atoms with Crippen molar-refractivity contribution in [3.8, 4) is 0 Å². The number of piperidine rings is 1. The van der Waals surface area contributed by atoms with Gasteiger partial charge in [-0.05, 0) is 37.0 Å². The zero-order valence-corrected chi connectivity index (χ0v) is 17.9. The number of ether oxygens (including phenoxy) is 1. The summed E-state index contributed by atoms with van der Waals surface area (Å²) in [4.78, 5) is 26.6. The number of amides is 1. The van der Waals surface area contributed by atoms with Crippen LogP contribution >= 0.6 is 0 Å². The van der Waals surface area contributed by atoms with Gasteiger partial charge in [0.2, 0.25) is 10.0 Å². The molecule has 1 aliphatic heterocycles. The summed E-state index contributed by atoms with van der Waals surface area (Å²) in [7, 11) is -0.967. The maximum absolute atomic E-state index is 12.6. The second kappa shape index (κ2) is 10.0. The van der Waals surface area contributed by atoms with Gasteiger partial charge >= 0.3 is 5.97 Å². The maximum atomic E-state index is 12.6. The van der Waals surface area contributed by atoms with Gasteiger partial charge in [0.1, 0.15) is 0 Å². The third kappa shape index (κ3) is 5.91. The SMILES string of the molecule is C[C@H]1CCCN(C(=O)COC(=O)c2cc(S(=O)(=O)N(C)C)ccc2NCCO)C1. The van der Waals surface area contributed by atoms with E-state index in [1.165, 1.54) is 32.3 Å². The molecule has 1 heterocycles. The fraction of sp³-hybridized carbons (Fsp3) is 0.579. The van der Waals surface area contributed by atoms with E-state index in [0.717, 1.165) is 17.1 Å². The molecule has 1 aromatic carbocycles. The predicted octanol–water partition coefficient (Wildman–Crippen LogP) is 0.756. The normalized spacial score (nSPS) is 17.3. The van der Waals surface area contributed by atoms with Crippen LogP contribution in [0.15, 0.2) is 23.1 Å². The van der Waals surface area contributed by atoms with Gasteiger partial charge in [-0.1, -0.05) is 6.92 Å². The summed E-state index contributed by atoms with van der Waals surface area (Å²) in [6.07, 6.45) is 1.98. The Morgan fingerprint density at radius 3 is 2.69 bits per heavy atom. The summed E-state index contributed by atoms with van der Waals surface area (Å²) in [6, 6.07) is 4.02. The van der Waals surface area contributed by atoms with Crippen molar-refractivity contribution in [1.82, 2.24) is 9.21 Å². The van der Waals surface area contributed by atoms with Crippen LogP contribution in [0.2, 0.25) is 0 Å². The molecule has 0 aromatic heterocycles. The number of carbonyl (C=O) groups is 2. The molecular weight excluding hydrogens is 398 g/mol. The Bertz CT molecular complexity index is 840. The van der Waals surface area contributed by atoms with Crippen LogP contribution in [-0.4, -0.2) is 81.5 Å². The molecule has 1 amide bonds. The zero-order valence-electron chi connectivity index (χ0n) is 17.1.